The summed E-state index contributed by atoms with van der Waals surface area (Å²) in [5.41, 5.74) is 4.66. The van der Waals surface area contributed by atoms with Crippen LogP contribution in [0, 0.1) is 24.7 Å². The molecule has 0 radical (unpaired) electrons. The molecule has 6 heteroatoms. The van der Waals surface area contributed by atoms with Gasteiger partial charge in [-0.05, 0) is 24.8 Å². The van der Waals surface area contributed by atoms with Crippen LogP contribution in [0.15, 0.2) is 12.1 Å². The van der Waals surface area contributed by atoms with Crippen molar-refractivity contribution >= 4 is 25.2 Å². The number of benzene rings is 1. The van der Waals surface area contributed by atoms with E-state index in [-0.39, 0.29) is 25.1 Å². The van der Waals surface area contributed by atoms with Crippen LogP contribution in [0.1, 0.15) is 38.8 Å². The lowest BCUT2D eigenvalue weighted by Gasteiger charge is -2.35. The summed E-state index contributed by atoms with van der Waals surface area (Å²) < 4.78 is 23.8. The van der Waals surface area contributed by atoms with Gasteiger partial charge in [0.15, 0.2) is 0 Å². The largest absolute Gasteiger partial charge is 0.494 e. The Balaban J connectivity index is 1.77. The van der Waals surface area contributed by atoms with Crippen molar-refractivity contribution in [2.75, 3.05) is 26.4 Å². The second-order valence-corrected chi connectivity index (χ2v) is 8.80. The molecule has 0 unspecified atom stereocenters. The predicted octanol–water partition coefficient (Wildman–Crippen LogP) is 1.84. The van der Waals surface area contributed by atoms with Crippen LogP contribution in [0.4, 0.5) is 0 Å². The Morgan fingerprint density at radius 2 is 0.958 bits per heavy atom. The summed E-state index contributed by atoms with van der Waals surface area (Å²) in [7, 11) is -0.559. The highest BCUT2D eigenvalue weighted by atomic mass is 16.6. The van der Waals surface area contributed by atoms with Gasteiger partial charge in [0, 0.05) is 37.3 Å². The summed E-state index contributed by atoms with van der Waals surface area (Å²) in [5, 5.41) is 0. The maximum Gasteiger partial charge on any atom is 0.494 e. The van der Waals surface area contributed by atoms with Gasteiger partial charge < -0.3 is 18.6 Å². The average Bonchev–Trinajstić information content (AvgIpc) is 2.50. The minimum Gasteiger partial charge on any atom is -0.407 e. The van der Waals surface area contributed by atoms with Crippen molar-refractivity contribution < 1.29 is 18.6 Å². The average molecular weight is 330 g/mol. The van der Waals surface area contributed by atoms with Crippen molar-refractivity contribution in [1.82, 2.24) is 0 Å². The van der Waals surface area contributed by atoms with Crippen LogP contribution in [0.5, 0.6) is 0 Å². The molecule has 1 aromatic rings. The molecule has 4 nitrogen and oxygen atoms in total. The van der Waals surface area contributed by atoms with E-state index in [4.69, 9.17) is 18.6 Å². The van der Waals surface area contributed by atoms with Gasteiger partial charge >= 0.3 is 14.2 Å². The van der Waals surface area contributed by atoms with E-state index < -0.39 is 0 Å². The van der Waals surface area contributed by atoms with Gasteiger partial charge in [-0.1, -0.05) is 51.0 Å². The zero-order valence-corrected chi connectivity index (χ0v) is 15.8. The first-order valence-corrected chi connectivity index (χ1v) is 8.74. The van der Waals surface area contributed by atoms with E-state index in [9.17, 15) is 0 Å². The summed E-state index contributed by atoms with van der Waals surface area (Å²) >= 11 is 0. The van der Waals surface area contributed by atoms with Gasteiger partial charge in [0.2, 0.25) is 0 Å². The molecule has 2 fully saturated rings. The third-order valence-electron chi connectivity index (χ3n) is 4.66. The summed E-state index contributed by atoms with van der Waals surface area (Å²) in [4.78, 5) is 0. The van der Waals surface area contributed by atoms with E-state index >= 15 is 0 Å². The Hall–Kier alpha value is -0.810. The smallest absolute Gasteiger partial charge is 0.407 e. The Morgan fingerprint density at radius 3 is 1.25 bits per heavy atom. The lowest BCUT2D eigenvalue weighted by atomic mass is 9.67. The lowest BCUT2D eigenvalue weighted by molar-refractivity contribution is 0.0339. The molecule has 0 spiro atoms. The fourth-order valence-corrected chi connectivity index (χ4v) is 3.11. The maximum absolute atomic E-state index is 5.94. The third kappa shape index (κ3) is 3.88. The van der Waals surface area contributed by atoms with Crippen LogP contribution >= 0.6 is 0 Å². The molecule has 1 aromatic carbocycles. The van der Waals surface area contributed by atoms with Gasteiger partial charge in [0.05, 0.1) is 0 Å². The zero-order valence-electron chi connectivity index (χ0n) is 15.8. The van der Waals surface area contributed by atoms with E-state index in [2.05, 4.69) is 53.7 Å². The normalized spacial score (nSPS) is 23.4. The highest BCUT2D eigenvalue weighted by Crippen LogP contribution is 2.23. The van der Waals surface area contributed by atoms with Gasteiger partial charge in [0.25, 0.3) is 0 Å². The first-order chi connectivity index (χ1) is 11.2. The monoisotopic (exact) mass is 330 g/mol. The van der Waals surface area contributed by atoms with Crippen LogP contribution in [-0.4, -0.2) is 40.7 Å². The first-order valence-electron chi connectivity index (χ1n) is 8.74. The molecule has 0 bridgehead atoms. The summed E-state index contributed by atoms with van der Waals surface area (Å²) in [6.45, 7) is 15.7. The van der Waals surface area contributed by atoms with Crippen molar-refractivity contribution in [2.24, 2.45) is 10.8 Å². The van der Waals surface area contributed by atoms with Crippen LogP contribution in [0.3, 0.4) is 0 Å². The Kier molecular flexibility index (Phi) is 4.86. The summed E-state index contributed by atoms with van der Waals surface area (Å²) in [6, 6.07) is 4.31. The second-order valence-electron chi connectivity index (χ2n) is 8.80. The zero-order chi connectivity index (χ0) is 17.5. The van der Waals surface area contributed by atoms with E-state index in [0.29, 0.717) is 26.4 Å². The molecule has 0 amide bonds. The van der Waals surface area contributed by atoms with Crippen molar-refractivity contribution in [3.05, 3.63) is 23.3 Å². The topological polar surface area (TPSA) is 36.9 Å². The fourth-order valence-electron chi connectivity index (χ4n) is 3.11. The minimum atomic E-state index is -0.280. The van der Waals surface area contributed by atoms with Crippen LogP contribution < -0.4 is 10.9 Å². The highest BCUT2D eigenvalue weighted by molar-refractivity contribution is 6.64. The molecule has 0 atom stereocenters. The molecule has 130 valence electrons. The number of rotatable bonds is 2. The standard InChI is InChI=1S/C18H28B2O4/c1-13-7-16(20-23-11-18(5,6)12-24-20)14(2)8-15(13)19-21-9-17(3,4)10-22-19/h7-8H,9-12H2,1-6H3. The van der Waals surface area contributed by atoms with Crippen molar-refractivity contribution in [2.45, 2.75) is 41.5 Å². The Morgan fingerprint density at radius 1 is 0.667 bits per heavy atom. The second kappa shape index (κ2) is 6.49. The molecule has 2 heterocycles. The van der Waals surface area contributed by atoms with Crippen LogP contribution in [0.25, 0.3) is 0 Å². The molecule has 0 saturated carbocycles. The van der Waals surface area contributed by atoms with E-state index in [1.807, 2.05) is 0 Å². The first kappa shape index (κ1) is 18.0. The number of aryl methyl sites for hydroxylation is 2. The molecule has 2 aliphatic rings. The predicted molar refractivity (Wildman–Crippen MR) is 98.1 cm³/mol. The Labute approximate surface area is 146 Å². The molecule has 0 aromatic heterocycles. The van der Waals surface area contributed by atoms with Gasteiger partial charge in [-0.25, -0.2) is 0 Å². The molecule has 24 heavy (non-hydrogen) atoms. The molecule has 2 saturated heterocycles. The van der Waals surface area contributed by atoms with Crippen molar-refractivity contribution in [1.29, 1.82) is 0 Å². The molecule has 0 N–H and O–H groups in total. The third-order valence-corrected chi connectivity index (χ3v) is 4.66. The molecule has 3 rings (SSSR count). The summed E-state index contributed by atoms with van der Waals surface area (Å²) in [6.07, 6.45) is 0. The van der Waals surface area contributed by atoms with Crippen LogP contribution in [0.2, 0.25) is 0 Å². The SMILES string of the molecule is Cc1cc(B2OCC(C)(C)CO2)c(C)cc1B1OCC(C)(C)CO1. The van der Waals surface area contributed by atoms with Crippen molar-refractivity contribution in [3.63, 3.8) is 0 Å². The number of hydrogen-bond donors (Lipinski definition) is 0. The molecule has 2 aliphatic heterocycles. The van der Waals surface area contributed by atoms with E-state index in [1.165, 1.54) is 0 Å². The molecular formula is C18H28B2O4. The van der Waals surface area contributed by atoms with Gasteiger partial charge in [-0.15, -0.1) is 0 Å². The quantitative estimate of drug-likeness (QED) is 0.776. The van der Waals surface area contributed by atoms with Crippen LogP contribution in [-0.2, 0) is 18.6 Å². The van der Waals surface area contributed by atoms with Crippen molar-refractivity contribution in [3.8, 4) is 0 Å². The van der Waals surface area contributed by atoms with E-state index in [1.54, 1.807) is 0 Å². The highest BCUT2D eigenvalue weighted by Gasteiger charge is 2.37. The fraction of sp³-hybridized carbons (Fsp3) is 0.667. The van der Waals surface area contributed by atoms with Gasteiger partial charge in [0.1, 0.15) is 0 Å². The van der Waals surface area contributed by atoms with Gasteiger partial charge in [-0.3, -0.25) is 0 Å². The Bertz CT molecular complexity index is 542. The summed E-state index contributed by atoms with van der Waals surface area (Å²) in [5.74, 6) is 0. The lowest BCUT2D eigenvalue weighted by Crippen LogP contribution is -2.51. The molecule has 0 aliphatic carbocycles. The van der Waals surface area contributed by atoms with Gasteiger partial charge in [-0.2, -0.15) is 0 Å². The van der Waals surface area contributed by atoms with E-state index in [0.717, 1.165) is 22.1 Å². The minimum absolute atomic E-state index is 0.0793. The molecular weight excluding hydrogens is 302 g/mol. The number of hydrogen-bond acceptors (Lipinski definition) is 4. The maximum atomic E-state index is 5.94.